The monoisotopic (exact) mass is 248 g/mol. The molecule has 0 spiro atoms. The number of nitro benzene ring substituents is 1. The third-order valence-electron chi connectivity index (χ3n) is 2.38. The lowest BCUT2D eigenvalue weighted by atomic mass is 10.1. The summed E-state index contributed by atoms with van der Waals surface area (Å²) in [7, 11) is 0. The van der Waals surface area contributed by atoms with Gasteiger partial charge in [-0.25, -0.2) is 4.79 Å². The summed E-state index contributed by atoms with van der Waals surface area (Å²) in [6, 6.07) is 3.32. The highest BCUT2D eigenvalue weighted by atomic mass is 16.6. The van der Waals surface area contributed by atoms with E-state index in [9.17, 15) is 14.9 Å². The van der Waals surface area contributed by atoms with E-state index in [4.69, 9.17) is 11.5 Å². The zero-order chi connectivity index (χ0) is 13.7. The van der Waals surface area contributed by atoms with E-state index in [0.29, 0.717) is 6.42 Å². The molecule has 0 saturated heterocycles. The van der Waals surface area contributed by atoms with Crippen molar-refractivity contribution in [3.05, 3.63) is 33.9 Å². The molecule has 0 aromatic heterocycles. The second-order valence-corrected chi connectivity index (χ2v) is 3.57. The minimum atomic E-state index is -1.21. The van der Waals surface area contributed by atoms with E-state index in [0.717, 1.165) is 6.07 Å². The van der Waals surface area contributed by atoms with Gasteiger partial charge in [0.05, 0.1) is 16.5 Å². The molecule has 0 radical (unpaired) electrons. The number of carboxylic acid groups (broad SMARTS) is 1. The molecule has 0 aliphatic heterocycles. The number of hydrogen-bond donors (Lipinski definition) is 2. The van der Waals surface area contributed by atoms with Gasteiger partial charge in [0.25, 0.3) is 5.69 Å². The number of nitro groups is 1. The van der Waals surface area contributed by atoms with Crippen LogP contribution in [0.3, 0.4) is 0 Å². The predicted octanol–water partition coefficient (Wildman–Crippen LogP) is 2.12. The van der Waals surface area contributed by atoms with Crippen molar-refractivity contribution in [1.29, 1.82) is 0 Å². The number of hydrogen-bond acceptors (Lipinski definition) is 4. The lowest BCUT2D eigenvalue weighted by Gasteiger charge is -2.12. The van der Waals surface area contributed by atoms with Crippen LogP contribution in [-0.2, 0) is 0 Å². The maximum atomic E-state index is 10.9. The Bertz CT molecular complexity index is 519. The number of benzene rings is 1. The first-order valence-corrected chi connectivity index (χ1v) is 5.24. The SMILES string of the molecule is C#CC(CC)Nc1ccc(C(=O)O)cc1[N+](=O)[O-]. The van der Waals surface area contributed by atoms with Crippen LogP contribution in [-0.4, -0.2) is 22.0 Å². The lowest BCUT2D eigenvalue weighted by Crippen LogP contribution is -2.16. The number of carbonyl (C=O) groups is 1. The molecule has 1 aromatic rings. The second kappa shape index (κ2) is 5.68. The largest absolute Gasteiger partial charge is 0.478 e. The van der Waals surface area contributed by atoms with Gasteiger partial charge in [0.1, 0.15) is 5.69 Å². The Morgan fingerprint density at radius 2 is 2.33 bits per heavy atom. The summed E-state index contributed by atoms with van der Waals surface area (Å²) < 4.78 is 0. The number of anilines is 1. The van der Waals surface area contributed by atoms with Gasteiger partial charge in [-0.1, -0.05) is 12.8 Å². The molecular weight excluding hydrogens is 236 g/mol. The zero-order valence-electron chi connectivity index (χ0n) is 9.71. The first kappa shape index (κ1) is 13.5. The molecule has 0 heterocycles. The average molecular weight is 248 g/mol. The summed E-state index contributed by atoms with van der Waals surface area (Å²) in [5.41, 5.74) is -0.223. The topological polar surface area (TPSA) is 92.5 Å². The molecule has 1 unspecified atom stereocenters. The summed E-state index contributed by atoms with van der Waals surface area (Å²) in [5, 5.41) is 22.5. The molecule has 0 aliphatic carbocycles. The van der Waals surface area contributed by atoms with Crippen LogP contribution in [0.15, 0.2) is 18.2 Å². The molecule has 18 heavy (non-hydrogen) atoms. The van der Waals surface area contributed by atoms with Gasteiger partial charge in [-0.3, -0.25) is 10.1 Å². The van der Waals surface area contributed by atoms with Crippen LogP contribution >= 0.6 is 0 Å². The van der Waals surface area contributed by atoms with E-state index in [1.165, 1.54) is 12.1 Å². The van der Waals surface area contributed by atoms with Crippen LogP contribution in [0.5, 0.6) is 0 Å². The third kappa shape index (κ3) is 2.98. The van der Waals surface area contributed by atoms with Crippen molar-refractivity contribution in [3.8, 4) is 12.3 Å². The van der Waals surface area contributed by atoms with E-state index in [1.807, 2.05) is 6.92 Å². The normalized spacial score (nSPS) is 11.3. The van der Waals surface area contributed by atoms with Crippen molar-refractivity contribution in [2.75, 3.05) is 5.32 Å². The van der Waals surface area contributed by atoms with Gasteiger partial charge in [0.2, 0.25) is 0 Å². The van der Waals surface area contributed by atoms with E-state index in [2.05, 4.69) is 11.2 Å². The minimum absolute atomic E-state index is 0.138. The van der Waals surface area contributed by atoms with Gasteiger partial charge < -0.3 is 10.4 Å². The van der Waals surface area contributed by atoms with Crippen LogP contribution in [0.25, 0.3) is 0 Å². The maximum absolute atomic E-state index is 10.9. The van der Waals surface area contributed by atoms with Gasteiger partial charge >= 0.3 is 5.97 Å². The van der Waals surface area contributed by atoms with Crippen LogP contribution in [0.4, 0.5) is 11.4 Å². The van der Waals surface area contributed by atoms with Crippen LogP contribution in [0.1, 0.15) is 23.7 Å². The molecule has 6 heteroatoms. The fourth-order valence-corrected chi connectivity index (χ4v) is 1.39. The van der Waals surface area contributed by atoms with Gasteiger partial charge in [-0.05, 0) is 18.6 Å². The van der Waals surface area contributed by atoms with Crippen LogP contribution < -0.4 is 5.32 Å². The number of aromatic carboxylic acids is 1. The summed E-state index contributed by atoms with van der Waals surface area (Å²) in [6.07, 6.45) is 5.86. The Morgan fingerprint density at radius 1 is 1.67 bits per heavy atom. The zero-order valence-corrected chi connectivity index (χ0v) is 9.71. The highest BCUT2D eigenvalue weighted by Crippen LogP contribution is 2.26. The Labute approximate surface area is 104 Å². The van der Waals surface area contributed by atoms with Crippen molar-refractivity contribution >= 4 is 17.3 Å². The highest BCUT2D eigenvalue weighted by molar-refractivity contribution is 5.89. The molecule has 0 saturated carbocycles. The van der Waals surface area contributed by atoms with E-state index >= 15 is 0 Å². The Balaban J connectivity index is 3.16. The fourth-order valence-electron chi connectivity index (χ4n) is 1.39. The van der Waals surface area contributed by atoms with Crippen molar-refractivity contribution in [2.45, 2.75) is 19.4 Å². The predicted molar refractivity (Wildman–Crippen MR) is 66.6 cm³/mol. The molecule has 0 aliphatic rings. The fraction of sp³-hybridized carbons (Fsp3) is 0.250. The van der Waals surface area contributed by atoms with E-state index in [-0.39, 0.29) is 23.0 Å². The van der Waals surface area contributed by atoms with Gasteiger partial charge in [-0.15, -0.1) is 6.42 Å². The van der Waals surface area contributed by atoms with E-state index < -0.39 is 10.9 Å². The number of nitrogens with zero attached hydrogens (tertiary/aromatic N) is 1. The number of terminal acetylenes is 1. The summed E-state index contributed by atoms with van der Waals surface area (Å²) in [5.74, 6) is 1.24. The first-order valence-electron chi connectivity index (χ1n) is 5.24. The molecular formula is C12H12N2O4. The van der Waals surface area contributed by atoms with Crippen molar-refractivity contribution in [2.24, 2.45) is 0 Å². The number of nitrogens with one attached hydrogen (secondary N) is 1. The highest BCUT2D eigenvalue weighted by Gasteiger charge is 2.18. The maximum Gasteiger partial charge on any atom is 0.335 e. The Kier molecular flexibility index (Phi) is 4.27. The molecule has 6 nitrogen and oxygen atoms in total. The van der Waals surface area contributed by atoms with Crippen molar-refractivity contribution in [1.82, 2.24) is 0 Å². The summed E-state index contributed by atoms with van der Waals surface area (Å²) >= 11 is 0. The van der Waals surface area contributed by atoms with Gasteiger partial charge in [-0.2, -0.15) is 0 Å². The number of rotatable bonds is 5. The smallest absolute Gasteiger partial charge is 0.335 e. The Morgan fingerprint density at radius 3 is 2.78 bits per heavy atom. The van der Waals surface area contributed by atoms with Crippen molar-refractivity contribution < 1.29 is 14.8 Å². The van der Waals surface area contributed by atoms with Crippen LogP contribution in [0, 0.1) is 22.5 Å². The lowest BCUT2D eigenvalue weighted by molar-refractivity contribution is -0.384. The molecule has 94 valence electrons. The van der Waals surface area contributed by atoms with Crippen molar-refractivity contribution in [3.63, 3.8) is 0 Å². The Hall–Kier alpha value is -2.55. The summed E-state index contributed by atoms with van der Waals surface area (Å²) in [6.45, 7) is 1.84. The number of carboxylic acids is 1. The standard InChI is InChI=1S/C12H12N2O4/c1-3-9(4-2)13-10-6-5-8(12(15)16)7-11(10)14(17)18/h1,5-7,9,13H,4H2,2H3,(H,15,16). The van der Waals surface area contributed by atoms with Crippen LogP contribution in [0.2, 0.25) is 0 Å². The molecule has 1 atom stereocenters. The summed E-state index contributed by atoms with van der Waals surface area (Å²) in [4.78, 5) is 21.0. The quantitative estimate of drug-likeness (QED) is 0.473. The molecule has 0 bridgehead atoms. The van der Waals surface area contributed by atoms with E-state index in [1.54, 1.807) is 0 Å². The van der Waals surface area contributed by atoms with Gasteiger partial charge in [0.15, 0.2) is 0 Å². The van der Waals surface area contributed by atoms with Gasteiger partial charge in [0, 0.05) is 6.07 Å². The molecule has 2 N–H and O–H groups in total. The molecule has 1 aromatic carbocycles. The average Bonchev–Trinajstić information content (AvgIpc) is 2.35. The molecule has 1 rings (SSSR count). The second-order valence-electron chi connectivity index (χ2n) is 3.57. The third-order valence-corrected chi connectivity index (χ3v) is 2.38. The first-order chi connectivity index (χ1) is 8.49. The molecule has 0 amide bonds. The molecule has 0 fully saturated rings. The minimum Gasteiger partial charge on any atom is -0.478 e.